The molecule has 25 heavy (non-hydrogen) atoms. The van der Waals surface area contributed by atoms with Crippen LogP contribution < -0.4 is 0 Å². The van der Waals surface area contributed by atoms with Gasteiger partial charge in [0.25, 0.3) is 0 Å². The number of carbonyl (C=O) groups excluding carboxylic acids is 2. The molecular formula is C17H16Cl2O6. The van der Waals surface area contributed by atoms with Crippen LogP contribution in [-0.4, -0.2) is 29.6 Å². The van der Waals surface area contributed by atoms with E-state index in [0.29, 0.717) is 28.5 Å². The maximum absolute atomic E-state index is 12.2. The zero-order chi connectivity index (χ0) is 18.6. The molecule has 1 aliphatic carbocycles. The predicted octanol–water partition coefficient (Wildman–Crippen LogP) is 3.49. The van der Waals surface area contributed by atoms with E-state index in [0.717, 1.165) is 6.42 Å². The summed E-state index contributed by atoms with van der Waals surface area (Å²) in [5.74, 6) is -2.93. The lowest BCUT2D eigenvalue weighted by Crippen LogP contribution is -2.39. The minimum Gasteiger partial charge on any atom is -0.479 e. The maximum Gasteiger partial charge on any atom is 0.341 e. The molecule has 1 aliphatic rings. The Hall–Kier alpha value is -2.05. The fourth-order valence-electron chi connectivity index (χ4n) is 2.51. The Morgan fingerprint density at radius 1 is 1.24 bits per heavy atom. The first-order valence-electron chi connectivity index (χ1n) is 7.48. The first-order chi connectivity index (χ1) is 11.7. The number of ether oxygens (including phenoxy) is 2. The second-order valence-electron chi connectivity index (χ2n) is 5.67. The fraction of sp³-hybridized carbons (Fsp3) is 0.353. The van der Waals surface area contributed by atoms with Crippen LogP contribution in [0.4, 0.5) is 0 Å². The van der Waals surface area contributed by atoms with Gasteiger partial charge >= 0.3 is 17.9 Å². The van der Waals surface area contributed by atoms with E-state index >= 15 is 0 Å². The molecule has 1 aromatic carbocycles. The molecule has 1 aromatic rings. The normalized spacial score (nSPS) is 15.0. The van der Waals surface area contributed by atoms with Crippen LogP contribution in [-0.2, 0) is 29.5 Å². The van der Waals surface area contributed by atoms with Crippen LogP contribution in [0.25, 0.3) is 0 Å². The standard InChI is InChI=1S/C17H16Cl2O6/c1-10(16(23)24-9-13(20)21)8-14(22)25-17(6-3-7-17)11-4-2-5-12(18)15(11)19/h2,4-5H,1,3,6-9H2,(H,20,21). The van der Waals surface area contributed by atoms with Crippen LogP contribution in [0.2, 0.25) is 10.0 Å². The third-order valence-corrected chi connectivity index (χ3v) is 4.70. The second kappa shape index (κ2) is 7.89. The molecular weight excluding hydrogens is 371 g/mol. The van der Waals surface area contributed by atoms with Crippen molar-refractivity contribution in [3.8, 4) is 0 Å². The number of carboxylic acids is 1. The molecule has 0 bridgehead atoms. The number of carboxylic acid groups (broad SMARTS) is 1. The van der Waals surface area contributed by atoms with Crippen LogP contribution in [0.3, 0.4) is 0 Å². The number of hydrogen-bond donors (Lipinski definition) is 1. The van der Waals surface area contributed by atoms with Gasteiger partial charge in [0.1, 0.15) is 5.60 Å². The lowest BCUT2D eigenvalue weighted by molar-refractivity contribution is -0.171. The molecule has 0 spiro atoms. The topological polar surface area (TPSA) is 89.9 Å². The summed E-state index contributed by atoms with van der Waals surface area (Å²) in [6.45, 7) is 2.64. The highest BCUT2D eigenvalue weighted by atomic mass is 35.5. The SMILES string of the molecule is C=C(CC(=O)OC1(c2cccc(Cl)c2Cl)CCC1)C(=O)OCC(=O)O. The van der Waals surface area contributed by atoms with Gasteiger partial charge in [0.15, 0.2) is 6.61 Å². The first kappa shape index (κ1) is 19.3. The lowest BCUT2D eigenvalue weighted by Gasteiger charge is -2.42. The average Bonchev–Trinajstić information content (AvgIpc) is 2.51. The van der Waals surface area contributed by atoms with Crippen molar-refractivity contribution in [2.75, 3.05) is 6.61 Å². The molecule has 0 aromatic heterocycles. The summed E-state index contributed by atoms with van der Waals surface area (Å²) >= 11 is 12.3. The highest BCUT2D eigenvalue weighted by molar-refractivity contribution is 6.42. The molecule has 0 saturated heterocycles. The number of halogens is 2. The molecule has 134 valence electrons. The van der Waals surface area contributed by atoms with Gasteiger partial charge in [0.2, 0.25) is 0 Å². The van der Waals surface area contributed by atoms with Crippen molar-refractivity contribution in [2.45, 2.75) is 31.3 Å². The number of hydrogen-bond acceptors (Lipinski definition) is 5. The van der Waals surface area contributed by atoms with Crippen molar-refractivity contribution in [1.82, 2.24) is 0 Å². The van der Waals surface area contributed by atoms with Crippen molar-refractivity contribution in [1.29, 1.82) is 0 Å². The third kappa shape index (κ3) is 4.52. The van der Waals surface area contributed by atoms with Gasteiger partial charge in [0, 0.05) is 11.1 Å². The van der Waals surface area contributed by atoms with E-state index in [2.05, 4.69) is 11.3 Å². The van der Waals surface area contributed by atoms with Gasteiger partial charge in [-0.1, -0.05) is 41.9 Å². The van der Waals surface area contributed by atoms with Crippen LogP contribution >= 0.6 is 23.2 Å². The van der Waals surface area contributed by atoms with E-state index in [1.165, 1.54) is 0 Å². The van der Waals surface area contributed by atoms with Crippen LogP contribution in [0.5, 0.6) is 0 Å². The Kier molecular flexibility index (Phi) is 6.08. The van der Waals surface area contributed by atoms with Crippen LogP contribution in [0.1, 0.15) is 31.2 Å². The molecule has 0 atom stereocenters. The van der Waals surface area contributed by atoms with E-state index in [4.69, 9.17) is 33.0 Å². The molecule has 6 nitrogen and oxygen atoms in total. The highest BCUT2D eigenvalue weighted by Gasteiger charge is 2.44. The Morgan fingerprint density at radius 2 is 1.92 bits per heavy atom. The van der Waals surface area contributed by atoms with Crippen molar-refractivity contribution in [3.63, 3.8) is 0 Å². The van der Waals surface area contributed by atoms with Gasteiger partial charge in [-0.2, -0.15) is 0 Å². The Morgan fingerprint density at radius 3 is 2.48 bits per heavy atom. The van der Waals surface area contributed by atoms with Crippen molar-refractivity contribution >= 4 is 41.1 Å². The average molecular weight is 387 g/mol. The summed E-state index contributed by atoms with van der Waals surface area (Å²) in [4.78, 5) is 34.1. The second-order valence-corrected chi connectivity index (χ2v) is 6.46. The number of carbonyl (C=O) groups is 3. The number of rotatable bonds is 7. The van der Waals surface area contributed by atoms with E-state index in [9.17, 15) is 14.4 Å². The minimum absolute atomic E-state index is 0.182. The summed E-state index contributed by atoms with van der Waals surface area (Å²) < 4.78 is 10.0. The van der Waals surface area contributed by atoms with Gasteiger partial charge in [-0.25, -0.2) is 9.59 Å². The monoisotopic (exact) mass is 386 g/mol. The zero-order valence-electron chi connectivity index (χ0n) is 13.2. The Bertz CT molecular complexity index is 724. The molecule has 0 aliphatic heterocycles. The van der Waals surface area contributed by atoms with Gasteiger partial charge in [-0.3, -0.25) is 4.79 Å². The number of benzene rings is 1. The molecule has 1 fully saturated rings. The van der Waals surface area contributed by atoms with Gasteiger partial charge in [-0.05, 0) is 25.3 Å². The summed E-state index contributed by atoms with van der Waals surface area (Å²) in [7, 11) is 0. The van der Waals surface area contributed by atoms with Crippen LogP contribution in [0.15, 0.2) is 30.4 Å². The first-order valence-corrected chi connectivity index (χ1v) is 8.24. The molecule has 0 unspecified atom stereocenters. The van der Waals surface area contributed by atoms with Crippen LogP contribution in [0, 0.1) is 0 Å². The summed E-state index contributed by atoms with van der Waals surface area (Å²) in [6.07, 6.45) is 1.64. The van der Waals surface area contributed by atoms with Gasteiger partial charge < -0.3 is 14.6 Å². The largest absolute Gasteiger partial charge is 0.479 e. The maximum atomic E-state index is 12.2. The molecule has 0 radical (unpaired) electrons. The van der Waals surface area contributed by atoms with Crippen molar-refractivity contribution in [3.05, 3.63) is 46.0 Å². The molecule has 0 heterocycles. The lowest BCUT2D eigenvalue weighted by atomic mass is 9.74. The van der Waals surface area contributed by atoms with Gasteiger partial charge in [-0.15, -0.1) is 0 Å². The zero-order valence-corrected chi connectivity index (χ0v) is 14.7. The summed E-state index contributed by atoms with van der Waals surface area (Å²) in [6, 6.07) is 5.11. The van der Waals surface area contributed by atoms with E-state index < -0.39 is 36.5 Å². The Labute approximate surface area is 154 Å². The molecule has 1 saturated carbocycles. The van der Waals surface area contributed by atoms with Gasteiger partial charge in [0.05, 0.1) is 16.5 Å². The molecule has 2 rings (SSSR count). The van der Waals surface area contributed by atoms with E-state index in [-0.39, 0.29) is 5.57 Å². The molecule has 1 N–H and O–H groups in total. The highest BCUT2D eigenvalue weighted by Crippen LogP contribution is 2.48. The number of esters is 2. The van der Waals surface area contributed by atoms with Crippen molar-refractivity contribution < 1.29 is 29.0 Å². The summed E-state index contributed by atoms with van der Waals surface area (Å²) in [5, 5.41) is 9.17. The molecule has 8 heteroatoms. The third-order valence-electron chi connectivity index (χ3n) is 3.89. The molecule has 0 amide bonds. The predicted molar refractivity (Wildman–Crippen MR) is 90.4 cm³/mol. The fourth-order valence-corrected chi connectivity index (χ4v) is 2.98. The van der Waals surface area contributed by atoms with Crippen molar-refractivity contribution in [2.24, 2.45) is 0 Å². The minimum atomic E-state index is -1.30. The van der Waals surface area contributed by atoms with E-state index in [1.807, 2.05) is 0 Å². The smallest absolute Gasteiger partial charge is 0.341 e. The summed E-state index contributed by atoms with van der Waals surface area (Å²) in [5.41, 5.74) is -0.428. The quantitative estimate of drug-likeness (QED) is 0.569. The Balaban J connectivity index is 2.03. The van der Waals surface area contributed by atoms with E-state index in [1.54, 1.807) is 18.2 Å². The number of aliphatic carboxylic acids is 1.